The Morgan fingerprint density at radius 3 is 1.94 bits per heavy atom. The van der Waals surface area contributed by atoms with Gasteiger partial charge in [0, 0.05) is 12.1 Å². The molecule has 9 nitrogen and oxygen atoms in total. The first kappa shape index (κ1) is 12.5. The van der Waals surface area contributed by atoms with E-state index in [1.54, 1.807) is 0 Å². The van der Waals surface area contributed by atoms with Crippen molar-refractivity contribution in [3.05, 3.63) is 44.0 Å². The molecule has 0 saturated heterocycles. The zero-order chi connectivity index (χ0) is 13.2. The SMILES string of the molecule is N[C@H](C(=O)O)c1c([N+](=O)[O-])cccc1[N+](=O)[O-]. The minimum atomic E-state index is -1.82. The van der Waals surface area contributed by atoms with Gasteiger partial charge in [0.25, 0.3) is 11.4 Å². The van der Waals surface area contributed by atoms with Gasteiger partial charge < -0.3 is 10.8 Å². The number of nitrogens with zero attached hydrogens (tertiary/aromatic N) is 2. The van der Waals surface area contributed by atoms with Crippen molar-refractivity contribution in [3.8, 4) is 0 Å². The lowest BCUT2D eigenvalue weighted by molar-refractivity contribution is -0.395. The highest BCUT2D eigenvalue weighted by Gasteiger charge is 2.32. The Kier molecular flexibility index (Phi) is 3.34. The van der Waals surface area contributed by atoms with E-state index in [4.69, 9.17) is 10.8 Å². The molecule has 3 N–H and O–H groups in total. The molecule has 0 bridgehead atoms. The summed E-state index contributed by atoms with van der Waals surface area (Å²) in [4.78, 5) is 30.2. The number of nitro groups is 2. The van der Waals surface area contributed by atoms with E-state index in [1.165, 1.54) is 0 Å². The van der Waals surface area contributed by atoms with Crippen LogP contribution in [0.3, 0.4) is 0 Å². The van der Waals surface area contributed by atoms with Crippen LogP contribution in [0.4, 0.5) is 11.4 Å². The van der Waals surface area contributed by atoms with Crippen LogP contribution in [0.15, 0.2) is 18.2 Å². The van der Waals surface area contributed by atoms with Gasteiger partial charge in [0.05, 0.1) is 9.85 Å². The summed E-state index contributed by atoms with van der Waals surface area (Å²) in [6, 6.07) is 1.20. The molecule has 0 fully saturated rings. The molecule has 0 aliphatic carbocycles. The number of hydrogen-bond acceptors (Lipinski definition) is 6. The van der Waals surface area contributed by atoms with E-state index in [2.05, 4.69) is 0 Å². The highest BCUT2D eigenvalue weighted by Crippen LogP contribution is 2.32. The normalized spacial score (nSPS) is 11.8. The largest absolute Gasteiger partial charge is 0.480 e. The van der Waals surface area contributed by atoms with Crippen LogP contribution in [0.1, 0.15) is 11.6 Å². The number of carboxylic acids is 1. The Hall–Kier alpha value is -2.55. The van der Waals surface area contributed by atoms with Crippen LogP contribution in [0.2, 0.25) is 0 Å². The summed E-state index contributed by atoms with van der Waals surface area (Å²) in [5.41, 5.74) is 3.22. The molecule has 0 heterocycles. The maximum atomic E-state index is 10.7. The van der Waals surface area contributed by atoms with Gasteiger partial charge in [-0.05, 0) is 6.07 Å². The van der Waals surface area contributed by atoms with Gasteiger partial charge in [0.1, 0.15) is 11.6 Å². The molecule has 1 rings (SSSR count). The fraction of sp³-hybridized carbons (Fsp3) is 0.125. The molecular weight excluding hydrogens is 234 g/mol. The molecule has 0 amide bonds. The number of nitro benzene ring substituents is 2. The van der Waals surface area contributed by atoms with Gasteiger partial charge in [-0.2, -0.15) is 0 Å². The third-order valence-electron chi connectivity index (χ3n) is 2.03. The molecule has 0 spiro atoms. The predicted molar refractivity (Wildman–Crippen MR) is 54.3 cm³/mol. The van der Waals surface area contributed by atoms with E-state index >= 15 is 0 Å². The summed E-state index contributed by atoms with van der Waals surface area (Å²) in [6.45, 7) is 0. The molecule has 0 saturated carbocycles. The highest BCUT2D eigenvalue weighted by atomic mass is 16.6. The van der Waals surface area contributed by atoms with Crippen LogP contribution in [-0.4, -0.2) is 20.9 Å². The first-order valence-electron chi connectivity index (χ1n) is 4.26. The molecule has 1 aromatic carbocycles. The maximum absolute atomic E-state index is 10.7. The third kappa shape index (κ3) is 2.34. The summed E-state index contributed by atoms with van der Waals surface area (Å²) in [5, 5.41) is 30.0. The van der Waals surface area contributed by atoms with Crippen LogP contribution in [0.25, 0.3) is 0 Å². The molecule has 1 atom stereocenters. The number of rotatable bonds is 4. The maximum Gasteiger partial charge on any atom is 0.325 e. The van der Waals surface area contributed by atoms with Gasteiger partial charge in [-0.15, -0.1) is 0 Å². The number of carbonyl (C=O) groups is 1. The molecule has 17 heavy (non-hydrogen) atoms. The summed E-state index contributed by atoms with van der Waals surface area (Å²) in [7, 11) is 0. The molecule has 9 heteroatoms. The molecule has 90 valence electrons. The summed E-state index contributed by atoms with van der Waals surface area (Å²) < 4.78 is 0. The number of benzene rings is 1. The van der Waals surface area contributed by atoms with Crippen LogP contribution in [0, 0.1) is 20.2 Å². The van der Waals surface area contributed by atoms with Gasteiger partial charge >= 0.3 is 5.97 Å². The number of aliphatic carboxylic acids is 1. The van der Waals surface area contributed by atoms with Crippen molar-refractivity contribution in [2.45, 2.75) is 6.04 Å². The zero-order valence-corrected chi connectivity index (χ0v) is 8.27. The highest BCUT2D eigenvalue weighted by molar-refractivity contribution is 5.79. The average Bonchev–Trinajstić information content (AvgIpc) is 2.26. The Morgan fingerprint density at radius 2 is 1.65 bits per heavy atom. The lowest BCUT2D eigenvalue weighted by Crippen LogP contribution is -2.23. The van der Waals surface area contributed by atoms with Crippen molar-refractivity contribution in [1.29, 1.82) is 0 Å². The van der Waals surface area contributed by atoms with Crippen molar-refractivity contribution in [1.82, 2.24) is 0 Å². The van der Waals surface area contributed by atoms with Gasteiger partial charge in [-0.1, -0.05) is 0 Å². The van der Waals surface area contributed by atoms with Gasteiger partial charge in [-0.25, -0.2) is 0 Å². The minimum Gasteiger partial charge on any atom is -0.480 e. The summed E-state index contributed by atoms with van der Waals surface area (Å²) in [5.74, 6) is -1.58. The standard InChI is InChI=1S/C8H7N3O6/c9-7(8(12)13)6-4(10(14)15)2-1-3-5(6)11(16)17/h1-3,7H,9H2,(H,12,13)/t7-/m0/s1. The Bertz CT molecular complexity index is 468. The fourth-order valence-corrected chi connectivity index (χ4v) is 1.30. The zero-order valence-electron chi connectivity index (χ0n) is 8.27. The lowest BCUT2D eigenvalue weighted by Gasteiger charge is -2.07. The second-order valence-electron chi connectivity index (χ2n) is 3.04. The molecule has 0 radical (unpaired) electrons. The van der Waals surface area contributed by atoms with E-state index in [0.29, 0.717) is 0 Å². The van der Waals surface area contributed by atoms with Crippen molar-refractivity contribution in [2.75, 3.05) is 0 Å². The molecule has 1 aromatic rings. The molecule has 0 aromatic heterocycles. The Labute approximate surface area is 93.8 Å². The molecule has 0 aliphatic rings. The van der Waals surface area contributed by atoms with Gasteiger partial charge in [0.15, 0.2) is 0 Å². The summed E-state index contributed by atoms with van der Waals surface area (Å²) >= 11 is 0. The number of hydrogen-bond donors (Lipinski definition) is 2. The van der Waals surface area contributed by atoms with Gasteiger partial charge in [-0.3, -0.25) is 25.0 Å². The van der Waals surface area contributed by atoms with Crippen LogP contribution < -0.4 is 5.73 Å². The Balaban J connectivity index is 3.54. The summed E-state index contributed by atoms with van der Waals surface area (Å²) in [6.07, 6.45) is 0. The number of carboxylic acid groups (broad SMARTS) is 1. The fourth-order valence-electron chi connectivity index (χ4n) is 1.30. The Morgan fingerprint density at radius 1 is 1.24 bits per heavy atom. The monoisotopic (exact) mass is 241 g/mol. The van der Waals surface area contributed by atoms with Gasteiger partial charge in [0.2, 0.25) is 0 Å². The first-order chi connectivity index (χ1) is 7.86. The quantitative estimate of drug-likeness (QED) is 0.578. The molecule has 0 unspecified atom stereocenters. The third-order valence-corrected chi connectivity index (χ3v) is 2.03. The van der Waals surface area contributed by atoms with E-state index < -0.39 is 38.8 Å². The second-order valence-corrected chi connectivity index (χ2v) is 3.04. The topological polar surface area (TPSA) is 150 Å². The van der Waals surface area contributed by atoms with E-state index in [0.717, 1.165) is 18.2 Å². The van der Waals surface area contributed by atoms with E-state index in [1.807, 2.05) is 0 Å². The van der Waals surface area contributed by atoms with Crippen molar-refractivity contribution in [2.24, 2.45) is 5.73 Å². The predicted octanol–water partition coefficient (Wildman–Crippen LogP) is 0.587. The lowest BCUT2D eigenvalue weighted by atomic mass is 10.0. The smallest absolute Gasteiger partial charge is 0.325 e. The minimum absolute atomic E-state index is 0.616. The van der Waals surface area contributed by atoms with Crippen LogP contribution in [-0.2, 0) is 4.79 Å². The number of nitrogens with two attached hydrogens (primary N) is 1. The van der Waals surface area contributed by atoms with E-state index in [9.17, 15) is 25.0 Å². The van der Waals surface area contributed by atoms with Crippen molar-refractivity contribution < 1.29 is 19.7 Å². The average molecular weight is 241 g/mol. The van der Waals surface area contributed by atoms with Crippen molar-refractivity contribution >= 4 is 17.3 Å². The van der Waals surface area contributed by atoms with E-state index in [-0.39, 0.29) is 0 Å². The van der Waals surface area contributed by atoms with Crippen LogP contribution in [0.5, 0.6) is 0 Å². The van der Waals surface area contributed by atoms with Crippen LogP contribution >= 0.6 is 0 Å². The molecular formula is C8H7N3O6. The first-order valence-corrected chi connectivity index (χ1v) is 4.26. The second kappa shape index (κ2) is 4.53. The molecule has 0 aliphatic heterocycles. The van der Waals surface area contributed by atoms with Crippen molar-refractivity contribution in [3.63, 3.8) is 0 Å².